The van der Waals surface area contributed by atoms with Gasteiger partial charge in [0.05, 0.1) is 11.4 Å². The van der Waals surface area contributed by atoms with Gasteiger partial charge in [0.1, 0.15) is 4.90 Å². The summed E-state index contributed by atoms with van der Waals surface area (Å²) in [5, 5.41) is 4.25. The van der Waals surface area contributed by atoms with Gasteiger partial charge in [-0.2, -0.15) is 9.40 Å². The number of rotatable bonds is 5. The molecule has 1 aromatic carbocycles. The molecule has 1 saturated heterocycles. The van der Waals surface area contributed by atoms with Crippen LogP contribution in [0.15, 0.2) is 41.3 Å². The lowest BCUT2D eigenvalue weighted by Gasteiger charge is -2.33. The predicted octanol–water partition coefficient (Wildman–Crippen LogP) is 2.06. The molecule has 0 amide bonds. The van der Waals surface area contributed by atoms with Crippen LogP contribution in [0.3, 0.4) is 0 Å². The second kappa shape index (κ2) is 7.73. The molecule has 0 unspecified atom stereocenters. The van der Waals surface area contributed by atoms with Gasteiger partial charge in [0.25, 0.3) is 0 Å². The van der Waals surface area contributed by atoms with E-state index in [2.05, 4.69) is 34.3 Å². The average molecular weight is 375 g/mol. The summed E-state index contributed by atoms with van der Waals surface area (Å²) in [4.78, 5) is 2.63. The van der Waals surface area contributed by atoms with E-state index in [1.807, 2.05) is 18.2 Å². The molecule has 0 atom stereocenters. The predicted molar refractivity (Wildman–Crippen MR) is 103 cm³/mol. The highest BCUT2D eigenvalue weighted by molar-refractivity contribution is 7.89. The Labute approximate surface area is 155 Å². The summed E-state index contributed by atoms with van der Waals surface area (Å²) in [5.41, 5.74) is 2.44. The van der Waals surface area contributed by atoms with E-state index in [1.165, 1.54) is 5.56 Å². The highest BCUT2D eigenvalue weighted by Gasteiger charge is 2.32. The van der Waals surface area contributed by atoms with Crippen molar-refractivity contribution in [2.45, 2.75) is 18.7 Å². The number of aromatic nitrogens is 2. The van der Waals surface area contributed by atoms with Gasteiger partial charge in [-0.3, -0.25) is 9.58 Å². The van der Waals surface area contributed by atoms with Crippen LogP contribution < -0.4 is 0 Å². The lowest BCUT2D eigenvalue weighted by atomic mass is 10.2. The van der Waals surface area contributed by atoms with Gasteiger partial charge in [0.15, 0.2) is 0 Å². The molecule has 140 valence electrons. The van der Waals surface area contributed by atoms with Gasteiger partial charge in [0.2, 0.25) is 10.0 Å². The van der Waals surface area contributed by atoms with Crippen molar-refractivity contribution in [3.63, 3.8) is 0 Å². The monoisotopic (exact) mass is 374 g/mol. The molecule has 0 spiro atoms. The van der Waals surface area contributed by atoms with E-state index in [9.17, 15) is 8.42 Å². The van der Waals surface area contributed by atoms with Crippen molar-refractivity contribution < 1.29 is 8.42 Å². The molecule has 7 heteroatoms. The Morgan fingerprint density at radius 2 is 1.73 bits per heavy atom. The quantitative estimate of drug-likeness (QED) is 0.804. The van der Waals surface area contributed by atoms with Crippen LogP contribution in [0.25, 0.3) is 6.08 Å². The third-order valence-corrected chi connectivity index (χ3v) is 7.00. The molecule has 1 fully saturated rings. The van der Waals surface area contributed by atoms with Crippen LogP contribution in [0.5, 0.6) is 0 Å². The molecule has 1 aliphatic heterocycles. The number of hydrogen-bond donors (Lipinski definition) is 0. The summed E-state index contributed by atoms with van der Waals surface area (Å²) in [6.45, 7) is 6.87. The van der Waals surface area contributed by atoms with Gasteiger partial charge in [-0.1, -0.05) is 42.5 Å². The summed E-state index contributed by atoms with van der Waals surface area (Å²) in [6, 6.07) is 10.2. The zero-order valence-electron chi connectivity index (χ0n) is 15.6. The van der Waals surface area contributed by atoms with Crippen LogP contribution in [0.4, 0.5) is 0 Å². The topological polar surface area (TPSA) is 58.4 Å². The molecular weight excluding hydrogens is 348 g/mol. The number of piperazine rings is 1. The first kappa shape index (κ1) is 18.8. The number of nitrogens with zero attached hydrogens (tertiary/aromatic N) is 4. The fourth-order valence-corrected chi connectivity index (χ4v) is 5.13. The number of benzene rings is 1. The molecule has 0 aliphatic carbocycles. The maximum atomic E-state index is 13.0. The fraction of sp³-hybridized carbons (Fsp3) is 0.421. The van der Waals surface area contributed by atoms with Crippen LogP contribution in [0.1, 0.15) is 17.0 Å². The van der Waals surface area contributed by atoms with Gasteiger partial charge < -0.3 is 0 Å². The Kier molecular flexibility index (Phi) is 5.60. The van der Waals surface area contributed by atoms with E-state index >= 15 is 0 Å². The van der Waals surface area contributed by atoms with Gasteiger partial charge in [-0.25, -0.2) is 8.42 Å². The van der Waals surface area contributed by atoms with Crippen molar-refractivity contribution in [1.29, 1.82) is 0 Å². The first-order valence-electron chi connectivity index (χ1n) is 8.84. The SMILES string of the molecule is Cc1nn(C)c(C)c1S(=O)(=O)N1CCN(C/C=C/c2ccccc2)CC1. The molecule has 0 radical (unpaired) electrons. The molecule has 1 aliphatic rings. The van der Waals surface area contributed by atoms with E-state index in [-0.39, 0.29) is 0 Å². The van der Waals surface area contributed by atoms with Crippen LogP contribution >= 0.6 is 0 Å². The Morgan fingerprint density at radius 1 is 1.08 bits per heavy atom. The molecule has 1 aromatic heterocycles. The van der Waals surface area contributed by atoms with Gasteiger partial charge in [0, 0.05) is 39.8 Å². The first-order chi connectivity index (χ1) is 12.4. The number of hydrogen-bond acceptors (Lipinski definition) is 4. The smallest absolute Gasteiger partial charge is 0.246 e. The van der Waals surface area contributed by atoms with E-state index in [1.54, 1.807) is 29.9 Å². The Hall–Kier alpha value is -1.96. The molecular formula is C19H26N4O2S. The van der Waals surface area contributed by atoms with Crippen LogP contribution in [0.2, 0.25) is 0 Å². The van der Waals surface area contributed by atoms with Gasteiger partial charge in [-0.05, 0) is 19.4 Å². The lowest BCUT2D eigenvalue weighted by molar-refractivity contribution is 0.204. The summed E-state index contributed by atoms with van der Waals surface area (Å²) in [5.74, 6) is 0. The number of sulfonamides is 1. The second-order valence-corrected chi connectivity index (χ2v) is 8.52. The molecule has 2 heterocycles. The van der Waals surface area contributed by atoms with E-state index in [0.717, 1.165) is 19.6 Å². The molecule has 0 bridgehead atoms. The zero-order chi connectivity index (χ0) is 18.7. The van der Waals surface area contributed by atoms with E-state index in [0.29, 0.717) is 29.4 Å². The fourth-order valence-electron chi connectivity index (χ4n) is 3.31. The van der Waals surface area contributed by atoms with Crippen molar-refractivity contribution in [3.8, 4) is 0 Å². The average Bonchev–Trinajstić information content (AvgIpc) is 2.89. The normalized spacial score (nSPS) is 17.2. The van der Waals surface area contributed by atoms with Crippen molar-refractivity contribution in [2.24, 2.45) is 7.05 Å². The minimum Gasteiger partial charge on any atom is -0.297 e. The largest absolute Gasteiger partial charge is 0.297 e. The third kappa shape index (κ3) is 3.90. The lowest BCUT2D eigenvalue weighted by Crippen LogP contribution is -2.48. The second-order valence-electron chi connectivity index (χ2n) is 6.64. The van der Waals surface area contributed by atoms with Crippen molar-refractivity contribution >= 4 is 16.1 Å². The molecule has 6 nitrogen and oxygen atoms in total. The number of aryl methyl sites for hydroxylation is 2. The van der Waals surface area contributed by atoms with E-state index < -0.39 is 10.0 Å². The molecule has 3 rings (SSSR count). The van der Waals surface area contributed by atoms with E-state index in [4.69, 9.17) is 0 Å². The van der Waals surface area contributed by atoms with Crippen molar-refractivity contribution in [2.75, 3.05) is 32.7 Å². The highest BCUT2D eigenvalue weighted by atomic mass is 32.2. The third-order valence-electron chi connectivity index (χ3n) is 4.85. The summed E-state index contributed by atoms with van der Waals surface area (Å²) >= 11 is 0. The first-order valence-corrected chi connectivity index (χ1v) is 10.3. The highest BCUT2D eigenvalue weighted by Crippen LogP contribution is 2.23. The Morgan fingerprint density at radius 3 is 2.31 bits per heavy atom. The maximum absolute atomic E-state index is 13.0. The van der Waals surface area contributed by atoms with Gasteiger partial charge in [-0.15, -0.1) is 0 Å². The van der Waals surface area contributed by atoms with Crippen LogP contribution in [-0.2, 0) is 17.1 Å². The summed E-state index contributed by atoms with van der Waals surface area (Å²) in [7, 11) is -1.71. The standard InChI is InChI=1S/C19H26N4O2S/c1-16-19(17(2)21(3)20-16)26(24,25)23-14-12-22(13-15-23)11-7-10-18-8-5-4-6-9-18/h4-10H,11-15H2,1-3H3/b10-7+. The minimum absolute atomic E-state index is 0.359. The van der Waals surface area contributed by atoms with Gasteiger partial charge >= 0.3 is 0 Å². The van der Waals surface area contributed by atoms with Crippen molar-refractivity contribution in [3.05, 3.63) is 53.4 Å². The summed E-state index contributed by atoms with van der Waals surface area (Å²) in [6.07, 6.45) is 4.24. The van der Waals surface area contributed by atoms with Crippen LogP contribution in [-0.4, -0.2) is 60.1 Å². The maximum Gasteiger partial charge on any atom is 0.246 e. The molecule has 0 N–H and O–H groups in total. The Bertz CT molecular complexity index is 880. The summed E-state index contributed by atoms with van der Waals surface area (Å²) < 4.78 is 29.2. The molecule has 26 heavy (non-hydrogen) atoms. The zero-order valence-corrected chi connectivity index (χ0v) is 16.4. The minimum atomic E-state index is -3.48. The molecule has 2 aromatic rings. The van der Waals surface area contributed by atoms with Crippen molar-refractivity contribution in [1.82, 2.24) is 19.0 Å². The van der Waals surface area contributed by atoms with Crippen LogP contribution in [0, 0.1) is 13.8 Å². The Balaban J connectivity index is 1.60. The molecule has 0 saturated carbocycles.